The van der Waals surface area contributed by atoms with Gasteiger partial charge >= 0.3 is 17.1 Å². The average molecular weight is 191 g/mol. The molecule has 0 saturated carbocycles. The third-order valence-corrected chi connectivity index (χ3v) is 1.33. The van der Waals surface area contributed by atoms with Crippen molar-refractivity contribution >= 4 is 0 Å². The first-order chi connectivity index (χ1) is 6.00. The molecule has 0 unspecified atom stereocenters. The van der Waals surface area contributed by atoms with Gasteiger partial charge in [-0.15, -0.1) is 0 Å². The fourth-order valence-corrected chi connectivity index (χ4v) is 0.685. The molecule has 72 valence electrons. The summed E-state index contributed by atoms with van der Waals surface area (Å²) in [6.45, 7) is -1.06. The van der Waals surface area contributed by atoms with Gasteiger partial charge in [-0.2, -0.15) is 0 Å². The van der Waals surface area contributed by atoms with E-state index in [1.807, 2.05) is 0 Å². The van der Waals surface area contributed by atoms with E-state index in [9.17, 15) is 14.4 Å². The summed E-state index contributed by atoms with van der Waals surface area (Å²) < 4.78 is -0.948. The number of nitrogens with zero attached hydrogens (tertiary/aromatic N) is 3. The molecule has 0 saturated heterocycles. The standard InChI is InChI=1S/C4H5N3O6/c8-1-5-2(9)6(12)4(11)7(13)3(5)10/h8,12-13H,1H2. The SMILES string of the molecule is O=c1n(O)c(=O)n(CO)c(=O)n1O. The molecule has 0 bridgehead atoms. The van der Waals surface area contributed by atoms with Crippen molar-refractivity contribution in [2.24, 2.45) is 0 Å². The summed E-state index contributed by atoms with van der Waals surface area (Å²) >= 11 is 0. The van der Waals surface area contributed by atoms with Gasteiger partial charge in [-0.25, -0.2) is 19.0 Å². The molecule has 1 heterocycles. The first-order valence-corrected chi connectivity index (χ1v) is 2.99. The molecular formula is C4H5N3O6. The molecule has 13 heavy (non-hydrogen) atoms. The van der Waals surface area contributed by atoms with Crippen LogP contribution < -0.4 is 17.1 Å². The summed E-state index contributed by atoms with van der Waals surface area (Å²) in [6, 6.07) is 0. The maximum atomic E-state index is 10.8. The van der Waals surface area contributed by atoms with Gasteiger partial charge in [-0.1, -0.05) is 9.46 Å². The van der Waals surface area contributed by atoms with Gasteiger partial charge < -0.3 is 15.5 Å². The second-order valence-electron chi connectivity index (χ2n) is 2.04. The summed E-state index contributed by atoms with van der Waals surface area (Å²) in [5.41, 5.74) is -4.45. The second kappa shape index (κ2) is 2.79. The van der Waals surface area contributed by atoms with Crippen LogP contribution in [-0.2, 0) is 6.73 Å². The molecule has 1 aromatic rings. The number of hydrogen-bond donors (Lipinski definition) is 3. The maximum absolute atomic E-state index is 10.8. The third-order valence-electron chi connectivity index (χ3n) is 1.33. The summed E-state index contributed by atoms with van der Waals surface area (Å²) in [5, 5.41) is 25.8. The second-order valence-corrected chi connectivity index (χ2v) is 2.04. The lowest BCUT2D eigenvalue weighted by Crippen LogP contribution is -2.53. The first kappa shape index (κ1) is 9.06. The van der Waals surface area contributed by atoms with Crippen molar-refractivity contribution in [3.63, 3.8) is 0 Å². The van der Waals surface area contributed by atoms with E-state index in [0.717, 1.165) is 0 Å². The van der Waals surface area contributed by atoms with Crippen molar-refractivity contribution in [2.45, 2.75) is 6.73 Å². The Kier molecular flexibility index (Phi) is 1.94. The molecule has 0 amide bonds. The molecule has 1 rings (SSSR count). The summed E-state index contributed by atoms with van der Waals surface area (Å²) in [7, 11) is 0. The topological polar surface area (TPSA) is 127 Å². The van der Waals surface area contributed by atoms with Crippen molar-refractivity contribution < 1.29 is 15.5 Å². The van der Waals surface area contributed by atoms with Crippen LogP contribution in [-0.4, -0.2) is 29.5 Å². The normalized spacial score (nSPS) is 10.2. The minimum absolute atomic E-state index is 0.0569. The number of aliphatic hydroxyl groups excluding tert-OH is 1. The molecule has 0 fully saturated rings. The molecule has 3 N–H and O–H groups in total. The lowest BCUT2D eigenvalue weighted by atomic mass is 10.9. The molecule has 0 aliphatic rings. The Labute approximate surface area is 68.9 Å². The molecule has 0 spiro atoms. The van der Waals surface area contributed by atoms with Gasteiger partial charge in [0.1, 0.15) is 6.73 Å². The van der Waals surface area contributed by atoms with Gasteiger partial charge in [-0.3, -0.25) is 0 Å². The number of aromatic nitrogens is 3. The Balaban J connectivity index is 3.89. The van der Waals surface area contributed by atoms with Gasteiger partial charge in [0.05, 0.1) is 0 Å². The highest BCUT2D eigenvalue weighted by atomic mass is 16.5. The highest BCUT2D eigenvalue weighted by Gasteiger charge is 2.12. The zero-order valence-corrected chi connectivity index (χ0v) is 6.12. The Hall–Kier alpha value is -2.03. The van der Waals surface area contributed by atoms with Crippen LogP contribution in [0.1, 0.15) is 0 Å². The summed E-state index contributed by atoms with van der Waals surface area (Å²) in [4.78, 5) is 32.2. The van der Waals surface area contributed by atoms with E-state index >= 15 is 0 Å². The predicted molar refractivity (Wildman–Crippen MR) is 35.8 cm³/mol. The van der Waals surface area contributed by atoms with Gasteiger partial charge in [0.2, 0.25) is 0 Å². The van der Waals surface area contributed by atoms with E-state index in [2.05, 4.69) is 0 Å². The summed E-state index contributed by atoms with van der Waals surface area (Å²) in [6.07, 6.45) is 0. The molecule has 0 radical (unpaired) electrons. The van der Waals surface area contributed by atoms with E-state index in [-0.39, 0.29) is 4.57 Å². The van der Waals surface area contributed by atoms with Crippen molar-refractivity contribution in [1.29, 1.82) is 0 Å². The molecule has 0 aromatic carbocycles. The van der Waals surface area contributed by atoms with E-state index in [0.29, 0.717) is 0 Å². The van der Waals surface area contributed by atoms with E-state index in [1.54, 1.807) is 0 Å². The fourth-order valence-electron chi connectivity index (χ4n) is 0.685. The average Bonchev–Trinajstić information content (AvgIpc) is 2.13. The van der Waals surface area contributed by atoms with Crippen molar-refractivity contribution in [3.05, 3.63) is 31.5 Å². The molecule has 9 heteroatoms. The molecule has 0 aliphatic heterocycles. The van der Waals surface area contributed by atoms with Crippen LogP contribution in [0.4, 0.5) is 0 Å². The molecule has 9 nitrogen and oxygen atoms in total. The quantitative estimate of drug-likeness (QED) is 0.397. The highest BCUT2D eigenvalue weighted by Crippen LogP contribution is 1.63. The minimum Gasteiger partial charge on any atom is -0.420 e. The van der Waals surface area contributed by atoms with Crippen LogP contribution in [0, 0.1) is 0 Å². The van der Waals surface area contributed by atoms with Crippen molar-refractivity contribution in [2.75, 3.05) is 0 Å². The Morgan fingerprint density at radius 3 is 1.62 bits per heavy atom. The van der Waals surface area contributed by atoms with Crippen LogP contribution in [0.25, 0.3) is 0 Å². The maximum Gasteiger partial charge on any atom is 0.403 e. The van der Waals surface area contributed by atoms with Gasteiger partial charge in [-0.05, 0) is 0 Å². The van der Waals surface area contributed by atoms with Crippen LogP contribution >= 0.6 is 0 Å². The van der Waals surface area contributed by atoms with Crippen molar-refractivity contribution in [3.8, 4) is 0 Å². The molecule has 1 aromatic heterocycles. The number of hydrogen-bond acceptors (Lipinski definition) is 6. The third kappa shape index (κ3) is 1.10. The van der Waals surface area contributed by atoms with Gasteiger partial charge in [0.25, 0.3) is 0 Å². The Morgan fingerprint density at radius 2 is 1.31 bits per heavy atom. The predicted octanol–water partition coefficient (Wildman–Crippen LogP) is -3.40. The van der Waals surface area contributed by atoms with Crippen LogP contribution in [0.15, 0.2) is 14.4 Å². The lowest BCUT2D eigenvalue weighted by Gasteiger charge is -2.02. The smallest absolute Gasteiger partial charge is 0.403 e. The zero-order chi connectivity index (χ0) is 10.2. The van der Waals surface area contributed by atoms with Crippen LogP contribution in [0.2, 0.25) is 0 Å². The molecular weight excluding hydrogens is 186 g/mol. The van der Waals surface area contributed by atoms with E-state index in [4.69, 9.17) is 15.5 Å². The highest BCUT2D eigenvalue weighted by molar-refractivity contribution is 4.71. The fraction of sp³-hybridized carbons (Fsp3) is 0.250. The summed E-state index contributed by atoms with van der Waals surface area (Å²) in [5.74, 6) is 0. The monoisotopic (exact) mass is 191 g/mol. The van der Waals surface area contributed by atoms with E-state index < -0.39 is 33.3 Å². The van der Waals surface area contributed by atoms with E-state index in [1.165, 1.54) is 0 Å². The number of rotatable bonds is 1. The number of aliphatic hydroxyl groups is 1. The molecule has 0 atom stereocenters. The minimum atomic E-state index is -1.60. The van der Waals surface area contributed by atoms with Crippen LogP contribution in [0.3, 0.4) is 0 Å². The van der Waals surface area contributed by atoms with Gasteiger partial charge in [0, 0.05) is 0 Å². The largest absolute Gasteiger partial charge is 0.420 e. The molecule has 0 aliphatic carbocycles. The zero-order valence-electron chi connectivity index (χ0n) is 6.12. The Bertz CT molecular complexity index is 452. The van der Waals surface area contributed by atoms with Crippen LogP contribution in [0.5, 0.6) is 0 Å². The van der Waals surface area contributed by atoms with Gasteiger partial charge in [0.15, 0.2) is 0 Å². The Morgan fingerprint density at radius 1 is 0.923 bits per heavy atom. The van der Waals surface area contributed by atoms with Crippen molar-refractivity contribution in [1.82, 2.24) is 14.0 Å². The first-order valence-electron chi connectivity index (χ1n) is 2.99. The lowest BCUT2D eigenvalue weighted by molar-refractivity contribution is 0.0645.